The average Bonchev–Trinajstić information content (AvgIpc) is 3.72. The van der Waals surface area contributed by atoms with Crippen molar-refractivity contribution >= 4 is 43.6 Å². The maximum Gasteiger partial charge on any atom is 0.0991 e. The molecule has 272 valence electrons. The third-order valence-electron chi connectivity index (χ3n) is 11.9. The summed E-state index contributed by atoms with van der Waals surface area (Å²) in [4.78, 5) is 0. The van der Waals surface area contributed by atoms with Crippen LogP contribution in [-0.2, 0) is 0 Å². The maximum atomic E-state index is 10.0. The molecule has 10 rings (SSSR count). The number of nitrogens with zero attached hydrogens (tertiary/aromatic N) is 3. The molecule has 0 radical (unpaired) electrons. The number of rotatable bonds is 5. The number of aryl methyl sites for hydroxylation is 4. The Morgan fingerprint density at radius 3 is 1.49 bits per heavy atom. The molecule has 0 atom stereocenters. The zero-order valence-corrected chi connectivity index (χ0v) is 32.9. The van der Waals surface area contributed by atoms with Crippen molar-refractivity contribution in [2.75, 3.05) is 0 Å². The molecule has 3 nitrogen and oxygen atoms in total. The highest BCUT2D eigenvalue weighted by Crippen LogP contribution is 2.43. The van der Waals surface area contributed by atoms with E-state index in [1.165, 1.54) is 71.6 Å². The van der Waals surface area contributed by atoms with Crippen LogP contribution in [0.1, 0.15) is 33.4 Å². The van der Waals surface area contributed by atoms with Crippen molar-refractivity contribution < 1.29 is 0 Å². The van der Waals surface area contributed by atoms with Crippen molar-refractivity contribution in [3.63, 3.8) is 0 Å². The Bertz CT molecular complexity index is 3310. The van der Waals surface area contributed by atoms with Gasteiger partial charge in [-0.2, -0.15) is 5.26 Å². The maximum absolute atomic E-state index is 10.0. The van der Waals surface area contributed by atoms with E-state index in [0.29, 0.717) is 5.56 Å². The van der Waals surface area contributed by atoms with Crippen molar-refractivity contribution in [2.45, 2.75) is 34.6 Å². The number of aromatic nitrogens is 2. The second-order valence-corrected chi connectivity index (χ2v) is 15.6. The van der Waals surface area contributed by atoms with Gasteiger partial charge in [0, 0.05) is 27.1 Å². The lowest BCUT2D eigenvalue weighted by atomic mass is 9.96. The molecular formula is C54H41N3. The lowest BCUT2D eigenvalue weighted by Gasteiger charge is -2.22. The van der Waals surface area contributed by atoms with Gasteiger partial charge in [0.15, 0.2) is 0 Å². The lowest BCUT2D eigenvalue weighted by Crippen LogP contribution is -2.06. The van der Waals surface area contributed by atoms with Gasteiger partial charge in [-0.3, -0.25) is 0 Å². The molecule has 0 spiro atoms. The molecule has 57 heavy (non-hydrogen) atoms. The van der Waals surface area contributed by atoms with Crippen molar-refractivity contribution in [3.8, 4) is 50.8 Å². The zero-order chi connectivity index (χ0) is 38.9. The SMILES string of the molecule is Cc1ccc(-c2ccc3c4ccccc4n(-c4ccc(-c5cccc(C#N)c5)c(-n5c6ccccc6c6ccc(-c7ccc(C)cc7C)cc65)c4C)c3c2)c(C)c1. The molecule has 0 saturated heterocycles. The van der Waals surface area contributed by atoms with Gasteiger partial charge < -0.3 is 9.13 Å². The first kappa shape index (κ1) is 34.3. The molecule has 0 aliphatic heterocycles. The molecule has 0 fully saturated rings. The summed E-state index contributed by atoms with van der Waals surface area (Å²) in [6.07, 6.45) is 0. The first-order chi connectivity index (χ1) is 27.8. The van der Waals surface area contributed by atoms with Crippen LogP contribution in [-0.4, -0.2) is 9.13 Å². The van der Waals surface area contributed by atoms with Gasteiger partial charge in [0.1, 0.15) is 0 Å². The smallest absolute Gasteiger partial charge is 0.0991 e. The van der Waals surface area contributed by atoms with Crippen LogP contribution in [0.3, 0.4) is 0 Å². The molecule has 2 aromatic heterocycles. The highest BCUT2D eigenvalue weighted by atomic mass is 15.0. The first-order valence-electron chi connectivity index (χ1n) is 19.7. The Morgan fingerprint density at radius 1 is 0.404 bits per heavy atom. The lowest BCUT2D eigenvalue weighted by molar-refractivity contribution is 1.10. The van der Waals surface area contributed by atoms with Crippen LogP contribution in [0.15, 0.2) is 158 Å². The fraction of sp³-hybridized carbons (Fsp3) is 0.0926. The van der Waals surface area contributed by atoms with E-state index in [4.69, 9.17) is 0 Å². The number of benzene rings is 8. The molecule has 0 amide bonds. The summed E-state index contributed by atoms with van der Waals surface area (Å²) in [5, 5.41) is 14.9. The minimum atomic E-state index is 0.640. The number of nitriles is 1. The van der Waals surface area contributed by atoms with Gasteiger partial charge in [0.25, 0.3) is 0 Å². The summed E-state index contributed by atoms with van der Waals surface area (Å²) >= 11 is 0. The molecule has 0 aliphatic carbocycles. The van der Waals surface area contributed by atoms with Crippen LogP contribution in [0.4, 0.5) is 0 Å². The Morgan fingerprint density at radius 2 is 0.912 bits per heavy atom. The quantitative estimate of drug-likeness (QED) is 0.173. The molecule has 8 aromatic carbocycles. The van der Waals surface area contributed by atoms with E-state index >= 15 is 0 Å². The molecule has 2 heterocycles. The number of fused-ring (bicyclic) bond motifs is 6. The van der Waals surface area contributed by atoms with Gasteiger partial charge in [0.2, 0.25) is 0 Å². The molecule has 0 saturated carbocycles. The van der Waals surface area contributed by atoms with Crippen LogP contribution in [0.5, 0.6) is 0 Å². The second-order valence-electron chi connectivity index (χ2n) is 15.6. The van der Waals surface area contributed by atoms with Crippen molar-refractivity contribution in [2.24, 2.45) is 0 Å². The largest absolute Gasteiger partial charge is 0.309 e. The average molecular weight is 732 g/mol. The molecule has 0 aliphatic rings. The van der Waals surface area contributed by atoms with E-state index in [2.05, 4.69) is 189 Å². The summed E-state index contributed by atoms with van der Waals surface area (Å²) in [6, 6.07) is 59.8. The Hall–Kier alpha value is -7.15. The Balaban J connectivity index is 1.32. The molecule has 0 N–H and O–H groups in total. The van der Waals surface area contributed by atoms with Crippen LogP contribution >= 0.6 is 0 Å². The summed E-state index contributed by atoms with van der Waals surface area (Å²) in [5.41, 5.74) is 20.6. The van der Waals surface area contributed by atoms with Gasteiger partial charge >= 0.3 is 0 Å². The summed E-state index contributed by atoms with van der Waals surface area (Å²) in [6.45, 7) is 11.0. The van der Waals surface area contributed by atoms with Crippen molar-refractivity contribution in [1.29, 1.82) is 5.26 Å². The summed E-state index contributed by atoms with van der Waals surface area (Å²) in [5.74, 6) is 0. The fourth-order valence-electron chi connectivity index (χ4n) is 9.26. The Kier molecular flexibility index (Phi) is 7.99. The van der Waals surface area contributed by atoms with Crippen LogP contribution in [0.25, 0.3) is 88.4 Å². The molecule has 0 bridgehead atoms. The van der Waals surface area contributed by atoms with Crippen molar-refractivity contribution in [1.82, 2.24) is 9.13 Å². The zero-order valence-electron chi connectivity index (χ0n) is 32.9. The number of hydrogen-bond acceptors (Lipinski definition) is 1. The van der Waals surface area contributed by atoms with Gasteiger partial charge in [0.05, 0.1) is 45.1 Å². The minimum absolute atomic E-state index is 0.640. The standard InChI is InChI=1S/C54H41N3/c1-33-17-21-42(35(3)27-33)40-19-23-47-45-13-6-8-15-50(45)56(52(47)30-40)49-26-25-44(39-12-10-11-38(29-39)32-55)54(37(49)5)57-51-16-9-7-14-46(51)48-24-20-41(31-53(48)57)43-22-18-34(2)28-36(43)4/h6-31H,1-5H3. The van der Waals surface area contributed by atoms with Crippen LogP contribution < -0.4 is 0 Å². The van der Waals surface area contributed by atoms with Crippen molar-refractivity contribution in [3.05, 3.63) is 191 Å². The van der Waals surface area contributed by atoms with E-state index < -0.39 is 0 Å². The van der Waals surface area contributed by atoms with Gasteiger partial charge in [-0.05, 0) is 122 Å². The predicted octanol–water partition coefficient (Wildman–Crippen LogP) is 14.3. The van der Waals surface area contributed by atoms with Crippen LogP contribution in [0.2, 0.25) is 0 Å². The predicted molar refractivity (Wildman–Crippen MR) is 240 cm³/mol. The highest BCUT2D eigenvalue weighted by molar-refractivity contribution is 6.12. The van der Waals surface area contributed by atoms with Gasteiger partial charge in [-0.25, -0.2) is 0 Å². The molecular weight excluding hydrogens is 691 g/mol. The third kappa shape index (κ3) is 5.48. The highest BCUT2D eigenvalue weighted by Gasteiger charge is 2.23. The summed E-state index contributed by atoms with van der Waals surface area (Å²) < 4.78 is 4.93. The minimum Gasteiger partial charge on any atom is -0.309 e. The topological polar surface area (TPSA) is 33.6 Å². The normalized spacial score (nSPS) is 11.6. The third-order valence-corrected chi connectivity index (χ3v) is 11.9. The van der Waals surface area contributed by atoms with E-state index in [9.17, 15) is 5.26 Å². The fourth-order valence-corrected chi connectivity index (χ4v) is 9.26. The van der Waals surface area contributed by atoms with E-state index in [1.54, 1.807) is 0 Å². The summed E-state index contributed by atoms with van der Waals surface area (Å²) in [7, 11) is 0. The van der Waals surface area contributed by atoms with Crippen LogP contribution in [0, 0.1) is 45.9 Å². The van der Waals surface area contributed by atoms with E-state index in [0.717, 1.165) is 44.6 Å². The molecule has 0 unspecified atom stereocenters. The van der Waals surface area contributed by atoms with Gasteiger partial charge in [-0.1, -0.05) is 126 Å². The van der Waals surface area contributed by atoms with E-state index in [-0.39, 0.29) is 0 Å². The molecule has 10 aromatic rings. The number of hydrogen-bond donors (Lipinski definition) is 0. The van der Waals surface area contributed by atoms with Gasteiger partial charge in [-0.15, -0.1) is 0 Å². The second kappa shape index (κ2) is 13.3. The van der Waals surface area contributed by atoms with E-state index in [1.807, 2.05) is 18.2 Å². The first-order valence-corrected chi connectivity index (χ1v) is 19.7. The number of para-hydroxylation sites is 2. The monoisotopic (exact) mass is 731 g/mol. The molecule has 3 heteroatoms. The Labute approximate surface area is 333 Å².